The van der Waals surface area contributed by atoms with E-state index in [4.69, 9.17) is 5.11 Å². The van der Waals surface area contributed by atoms with Crippen molar-refractivity contribution in [2.24, 2.45) is 0 Å². The van der Waals surface area contributed by atoms with Crippen LogP contribution in [0.2, 0.25) is 0 Å². The zero-order valence-corrected chi connectivity index (χ0v) is 8.66. The molecule has 0 aromatic rings. The molecular formula is C8H17NO3S. The number of rotatable bonds is 3. The summed E-state index contributed by atoms with van der Waals surface area (Å²) < 4.78 is 11.1. The minimum absolute atomic E-state index is 0.202. The molecule has 5 heteroatoms. The van der Waals surface area contributed by atoms with Crippen molar-refractivity contribution in [1.29, 1.82) is 0 Å². The van der Waals surface area contributed by atoms with Crippen molar-refractivity contribution in [3.05, 3.63) is 0 Å². The van der Waals surface area contributed by atoms with Crippen LogP contribution in [-0.2, 0) is 10.8 Å². The van der Waals surface area contributed by atoms with E-state index in [-0.39, 0.29) is 12.6 Å². The zero-order valence-electron chi connectivity index (χ0n) is 7.85. The Kier molecular flexibility index (Phi) is 4.31. The van der Waals surface area contributed by atoms with Crippen LogP contribution in [0.1, 0.15) is 6.92 Å². The summed E-state index contributed by atoms with van der Waals surface area (Å²) in [5.41, 5.74) is 0. The molecule has 0 amide bonds. The van der Waals surface area contributed by atoms with Crippen LogP contribution in [0.25, 0.3) is 0 Å². The number of hydrogen-bond donors (Lipinski definition) is 2. The van der Waals surface area contributed by atoms with E-state index in [1.165, 1.54) is 0 Å². The smallest absolute Gasteiger partial charge is 0.0897 e. The Balaban J connectivity index is 2.37. The molecule has 0 aliphatic carbocycles. The third-order valence-electron chi connectivity index (χ3n) is 2.31. The van der Waals surface area contributed by atoms with Gasteiger partial charge in [0, 0.05) is 41.4 Å². The van der Waals surface area contributed by atoms with Crippen molar-refractivity contribution in [3.8, 4) is 0 Å². The molecule has 78 valence electrons. The lowest BCUT2D eigenvalue weighted by atomic mass is 10.2. The quantitative estimate of drug-likeness (QED) is 0.610. The van der Waals surface area contributed by atoms with Gasteiger partial charge in [-0.2, -0.15) is 0 Å². The van der Waals surface area contributed by atoms with Gasteiger partial charge in [-0.05, 0) is 6.92 Å². The van der Waals surface area contributed by atoms with Gasteiger partial charge in [0.2, 0.25) is 0 Å². The fourth-order valence-electron chi connectivity index (χ4n) is 1.50. The van der Waals surface area contributed by atoms with Crippen molar-refractivity contribution in [3.63, 3.8) is 0 Å². The number of aliphatic hydroxyl groups is 2. The average Bonchev–Trinajstić information content (AvgIpc) is 2.09. The standard InChI is InChI=1S/C8H17NO3S/c1-7-6-13(12)3-2-9(7)4-8(11)5-10/h7-8,10-11H,2-6H2,1H3. The zero-order chi connectivity index (χ0) is 9.84. The molecule has 0 spiro atoms. The molecule has 1 heterocycles. The minimum Gasteiger partial charge on any atom is -0.394 e. The van der Waals surface area contributed by atoms with E-state index in [0.29, 0.717) is 18.1 Å². The van der Waals surface area contributed by atoms with Crippen molar-refractivity contribution >= 4 is 10.8 Å². The highest BCUT2D eigenvalue weighted by Gasteiger charge is 2.23. The molecule has 3 atom stereocenters. The van der Waals surface area contributed by atoms with E-state index in [1.54, 1.807) is 0 Å². The van der Waals surface area contributed by atoms with Gasteiger partial charge in [0.1, 0.15) is 0 Å². The van der Waals surface area contributed by atoms with Crippen LogP contribution in [0.3, 0.4) is 0 Å². The third-order valence-corrected chi connectivity index (χ3v) is 3.80. The monoisotopic (exact) mass is 207 g/mol. The second kappa shape index (κ2) is 5.05. The highest BCUT2D eigenvalue weighted by atomic mass is 32.2. The first-order valence-corrected chi connectivity index (χ1v) is 6.00. The van der Waals surface area contributed by atoms with Crippen LogP contribution >= 0.6 is 0 Å². The van der Waals surface area contributed by atoms with Gasteiger partial charge in [0.15, 0.2) is 0 Å². The van der Waals surface area contributed by atoms with Crippen LogP contribution in [0, 0.1) is 0 Å². The highest BCUT2D eigenvalue weighted by Crippen LogP contribution is 2.08. The molecule has 1 saturated heterocycles. The van der Waals surface area contributed by atoms with Crippen molar-refractivity contribution in [2.45, 2.75) is 19.1 Å². The predicted molar refractivity (Wildman–Crippen MR) is 52.0 cm³/mol. The van der Waals surface area contributed by atoms with Crippen LogP contribution in [-0.4, -0.2) is 62.7 Å². The normalized spacial score (nSPS) is 33.2. The first kappa shape index (κ1) is 11.1. The summed E-state index contributed by atoms with van der Waals surface area (Å²) in [4.78, 5) is 2.07. The topological polar surface area (TPSA) is 60.8 Å². The Morgan fingerprint density at radius 2 is 2.38 bits per heavy atom. The van der Waals surface area contributed by atoms with E-state index in [2.05, 4.69) is 4.90 Å². The van der Waals surface area contributed by atoms with Crippen molar-refractivity contribution < 1.29 is 14.4 Å². The molecule has 0 aromatic carbocycles. The fraction of sp³-hybridized carbons (Fsp3) is 1.00. The summed E-state index contributed by atoms with van der Waals surface area (Å²) in [6, 6.07) is 0.246. The lowest BCUT2D eigenvalue weighted by molar-refractivity contribution is 0.0509. The Morgan fingerprint density at radius 3 is 2.92 bits per heavy atom. The van der Waals surface area contributed by atoms with Crippen LogP contribution in [0.5, 0.6) is 0 Å². The lowest BCUT2D eigenvalue weighted by Gasteiger charge is -2.33. The van der Waals surface area contributed by atoms with Gasteiger partial charge >= 0.3 is 0 Å². The van der Waals surface area contributed by atoms with Crippen LogP contribution in [0.15, 0.2) is 0 Å². The number of aliphatic hydroxyl groups excluding tert-OH is 2. The van der Waals surface area contributed by atoms with E-state index < -0.39 is 16.9 Å². The minimum atomic E-state index is -0.694. The average molecular weight is 207 g/mol. The SMILES string of the molecule is CC1CS(=O)CCN1CC(O)CO. The third kappa shape index (κ3) is 3.34. The molecule has 1 rings (SSSR count). The Bertz CT molecular complexity index is 188. The van der Waals surface area contributed by atoms with E-state index in [9.17, 15) is 9.32 Å². The summed E-state index contributed by atoms with van der Waals surface area (Å²) in [6.07, 6.45) is -0.672. The van der Waals surface area contributed by atoms with Gasteiger partial charge < -0.3 is 10.2 Å². The van der Waals surface area contributed by atoms with Gasteiger partial charge in [0.05, 0.1) is 12.7 Å². The van der Waals surface area contributed by atoms with E-state index in [1.807, 2.05) is 6.92 Å². The summed E-state index contributed by atoms with van der Waals surface area (Å²) in [6.45, 7) is 3.03. The van der Waals surface area contributed by atoms with Crippen molar-refractivity contribution in [1.82, 2.24) is 4.90 Å². The lowest BCUT2D eigenvalue weighted by Crippen LogP contribution is -2.48. The molecule has 1 fully saturated rings. The Hall–Kier alpha value is 0.0300. The van der Waals surface area contributed by atoms with Gasteiger partial charge in [-0.1, -0.05) is 0 Å². The second-order valence-corrected chi connectivity index (χ2v) is 5.11. The molecular weight excluding hydrogens is 190 g/mol. The maximum atomic E-state index is 11.1. The number of nitrogens with zero attached hydrogens (tertiary/aromatic N) is 1. The first-order valence-electron chi connectivity index (χ1n) is 4.51. The molecule has 1 aliphatic rings. The van der Waals surface area contributed by atoms with Crippen LogP contribution in [0.4, 0.5) is 0 Å². The molecule has 2 N–H and O–H groups in total. The summed E-state index contributed by atoms with van der Waals surface area (Å²) in [5.74, 6) is 1.36. The summed E-state index contributed by atoms with van der Waals surface area (Å²) >= 11 is 0. The van der Waals surface area contributed by atoms with Gasteiger partial charge in [-0.3, -0.25) is 9.11 Å². The molecule has 0 saturated carbocycles. The van der Waals surface area contributed by atoms with E-state index in [0.717, 1.165) is 6.54 Å². The Morgan fingerprint density at radius 1 is 1.69 bits per heavy atom. The van der Waals surface area contributed by atoms with Gasteiger partial charge in [-0.25, -0.2) is 0 Å². The molecule has 13 heavy (non-hydrogen) atoms. The molecule has 4 nitrogen and oxygen atoms in total. The molecule has 0 aromatic heterocycles. The van der Waals surface area contributed by atoms with Gasteiger partial charge in [0.25, 0.3) is 0 Å². The predicted octanol–water partition coefficient (Wildman–Crippen LogP) is -1.21. The molecule has 3 unspecified atom stereocenters. The van der Waals surface area contributed by atoms with Crippen molar-refractivity contribution in [2.75, 3.05) is 31.2 Å². The highest BCUT2D eigenvalue weighted by molar-refractivity contribution is 7.85. The summed E-state index contributed by atoms with van der Waals surface area (Å²) in [5, 5.41) is 17.9. The van der Waals surface area contributed by atoms with Crippen LogP contribution < -0.4 is 0 Å². The maximum Gasteiger partial charge on any atom is 0.0897 e. The fourth-order valence-corrected chi connectivity index (χ4v) is 2.85. The van der Waals surface area contributed by atoms with Gasteiger partial charge in [-0.15, -0.1) is 0 Å². The Labute approximate surface area is 81.0 Å². The maximum absolute atomic E-state index is 11.1. The molecule has 0 radical (unpaired) electrons. The largest absolute Gasteiger partial charge is 0.394 e. The number of hydrogen-bond acceptors (Lipinski definition) is 4. The van der Waals surface area contributed by atoms with E-state index >= 15 is 0 Å². The number of β-amino-alcohol motifs (C(OH)–C–C–N with tert-alkyl or cyclic N) is 1. The summed E-state index contributed by atoms with van der Waals surface area (Å²) in [7, 11) is -0.694. The second-order valence-electron chi connectivity index (χ2n) is 3.49. The first-order chi connectivity index (χ1) is 6.13. The molecule has 0 bridgehead atoms. The molecule has 1 aliphatic heterocycles.